The van der Waals surface area contributed by atoms with E-state index in [2.05, 4.69) is 21.0 Å². The predicted molar refractivity (Wildman–Crippen MR) is 75.8 cm³/mol. The third kappa shape index (κ3) is 2.51. The van der Waals surface area contributed by atoms with E-state index in [1.807, 2.05) is 38.1 Å². The van der Waals surface area contributed by atoms with Crippen molar-refractivity contribution in [2.45, 2.75) is 20.4 Å². The number of benzene rings is 1. The number of aromatic nitrogens is 2. The van der Waals surface area contributed by atoms with Crippen molar-refractivity contribution in [3.05, 3.63) is 40.0 Å². The lowest BCUT2D eigenvalue weighted by molar-refractivity contribution is 0.335. The molecule has 1 heterocycles. The average molecular weight is 310 g/mol. The van der Waals surface area contributed by atoms with Gasteiger partial charge in [0.05, 0.1) is 23.3 Å². The quantitative estimate of drug-likeness (QED) is 0.944. The number of ether oxygens (including phenoxy) is 1. The maximum atomic E-state index is 5.99. The Morgan fingerprint density at radius 1 is 1.39 bits per heavy atom. The van der Waals surface area contributed by atoms with Gasteiger partial charge < -0.3 is 10.5 Å². The Morgan fingerprint density at radius 2 is 2.11 bits per heavy atom. The summed E-state index contributed by atoms with van der Waals surface area (Å²) < 4.78 is 8.23. The fourth-order valence-electron chi connectivity index (χ4n) is 1.79. The summed E-state index contributed by atoms with van der Waals surface area (Å²) in [6.07, 6.45) is 0. The number of hydrogen-bond donors (Lipinski definition) is 1. The normalized spacial score (nSPS) is 10.6. The number of para-hydroxylation sites is 1. The lowest BCUT2D eigenvalue weighted by Crippen LogP contribution is -2.07. The van der Waals surface area contributed by atoms with Gasteiger partial charge in [-0.2, -0.15) is 5.10 Å². The molecular weight excluding hydrogens is 294 g/mol. The number of nitrogen functional groups attached to an aromatic ring is 1. The summed E-state index contributed by atoms with van der Waals surface area (Å²) in [6, 6.07) is 7.93. The molecule has 0 fully saturated rings. The second-order valence-corrected chi connectivity index (χ2v) is 4.78. The molecule has 0 amide bonds. The van der Waals surface area contributed by atoms with Crippen LogP contribution in [0.4, 0.5) is 5.82 Å². The molecule has 0 unspecified atom stereocenters. The highest BCUT2D eigenvalue weighted by Crippen LogP contribution is 2.25. The molecule has 4 nitrogen and oxygen atoms in total. The molecule has 0 bridgehead atoms. The van der Waals surface area contributed by atoms with E-state index in [0.29, 0.717) is 19.0 Å². The topological polar surface area (TPSA) is 53.1 Å². The van der Waals surface area contributed by atoms with Crippen LogP contribution in [0.3, 0.4) is 0 Å². The van der Waals surface area contributed by atoms with Crippen LogP contribution in [-0.4, -0.2) is 16.4 Å². The van der Waals surface area contributed by atoms with E-state index < -0.39 is 0 Å². The van der Waals surface area contributed by atoms with Crippen molar-refractivity contribution in [2.24, 2.45) is 0 Å². The smallest absolute Gasteiger partial charge is 0.136 e. The van der Waals surface area contributed by atoms with Crippen molar-refractivity contribution in [2.75, 3.05) is 12.3 Å². The van der Waals surface area contributed by atoms with Crippen molar-refractivity contribution in [3.8, 4) is 5.75 Å². The molecule has 0 atom stereocenters. The highest BCUT2D eigenvalue weighted by atomic mass is 79.9. The molecule has 0 aliphatic rings. The molecule has 1 aromatic carbocycles. The number of anilines is 1. The summed E-state index contributed by atoms with van der Waals surface area (Å²) in [5, 5.41) is 4.40. The Kier molecular flexibility index (Phi) is 3.91. The van der Waals surface area contributed by atoms with Gasteiger partial charge in [0.1, 0.15) is 11.6 Å². The van der Waals surface area contributed by atoms with Gasteiger partial charge in [0.25, 0.3) is 0 Å². The molecule has 0 saturated heterocycles. The molecule has 96 valence electrons. The van der Waals surface area contributed by atoms with E-state index in [-0.39, 0.29) is 0 Å². The van der Waals surface area contributed by atoms with Gasteiger partial charge in [-0.1, -0.05) is 18.2 Å². The lowest BCUT2D eigenvalue weighted by atomic mass is 10.2. The van der Waals surface area contributed by atoms with Crippen LogP contribution in [0.1, 0.15) is 18.2 Å². The molecule has 0 spiro atoms. The Bertz CT molecular complexity index is 551. The van der Waals surface area contributed by atoms with Gasteiger partial charge in [-0.05, 0) is 35.8 Å². The largest absolute Gasteiger partial charge is 0.494 e. The van der Waals surface area contributed by atoms with Crippen LogP contribution in [0.25, 0.3) is 0 Å². The Hall–Kier alpha value is -1.49. The lowest BCUT2D eigenvalue weighted by Gasteiger charge is -2.10. The maximum Gasteiger partial charge on any atom is 0.136 e. The number of nitrogens with zero attached hydrogens (tertiary/aromatic N) is 2. The molecule has 0 aliphatic carbocycles. The first-order valence-corrected chi connectivity index (χ1v) is 6.61. The molecule has 0 aliphatic heterocycles. The molecule has 0 radical (unpaired) electrons. The summed E-state index contributed by atoms with van der Waals surface area (Å²) in [5.74, 6) is 1.52. The summed E-state index contributed by atoms with van der Waals surface area (Å²) >= 11 is 3.42. The van der Waals surface area contributed by atoms with Gasteiger partial charge in [-0.3, -0.25) is 0 Å². The van der Waals surface area contributed by atoms with Crippen LogP contribution in [0.5, 0.6) is 5.75 Å². The van der Waals surface area contributed by atoms with Crippen molar-refractivity contribution in [3.63, 3.8) is 0 Å². The van der Waals surface area contributed by atoms with Crippen LogP contribution in [-0.2, 0) is 6.54 Å². The van der Waals surface area contributed by atoms with E-state index in [0.717, 1.165) is 21.5 Å². The zero-order valence-corrected chi connectivity index (χ0v) is 12.1. The van der Waals surface area contributed by atoms with Gasteiger partial charge in [0.15, 0.2) is 0 Å². The third-order valence-electron chi connectivity index (χ3n) is 2.68. The fourth-order valence-corrected chi connectivity index (χ4v) is 2.07. The van der Waals surface area contributed by atoms with E-state index in [9.17, 15) is 0 Å². The molecule has 5 heteroatoms. The average Bonchev–Trinajstić information content (AvgIpc) is 2.60. The molecule has 1 aromatic heterocycles. The number of halogens is 1. The molecule has 0 saturated carbocycles. The SMILES string of the molecule is CCOc1ccccc1Cn1nc(C)c(Br)c1N. The van der Waals surface area contributed by atoms with Crippen LogP contribution in [0.2, 0.25) is 0 Å². The summed E-state index contributed by atoms with van der Waals surface area (Å²) in [6.45, 7) is 5.15. The number of nitrogens with two attached hydrogens (primary N) is 1. The zero-order valence-electron chi connectivity index (χ0n) is 10.5. The zero-order chi connectivity index (χ0) is 13.1. The first-order chi connectivity index (χ1) is 8.63. The number of hydrogen-bond acceptors (Lipinski definition) is 3. The van der Waals surface area contributed by atoms with Crippen molar-refractivity contribution in [1.82, 2.24) is 9.78 Å². The second-order valence-electron chi connectivity index (χ2n) is 3.98. The van der Waals surface area contributed by atoms with E-state index in [4.69, 9.17) is 10.5 Å². The summed E-state index contributed by atoms with van der Waals surface area (Å²) in [4.78, 5) is 0. The van der Waals surface area contributed by atoms with E-state index in [1.165, 1.54) is 0 Å². The van der Waals surface area contributed by atoms with Crippen molar-refractivity contribution < 1.29 is 4.74 Å². The minimum atomic E-state index is 0.606. The highest BCUT2D eigenvalue weighted by Gasteiger charge is 2.11. The van der Waals surface area contributed by atoms with Gasteiger partial charge in [-0.15, -0.1) is 0 Å². The first-order valence-electron chi connectivity index (χ1n) is 5.82. The number of rotatable bonds is 4. The predicted octanol–water partition coefficient (Wildman–Crippen LogP) is 2.98. The summed E-state index contributed by atoms with van der Waals surface area (Å²) in [7, 11) is 0. The first kappa shape index (κ1) is 13.0. The third-order valence-corrected chi connectivity index (χ3v) is 3.66. The van der Waals surface area contributed by atoms with Crippen LogP contribution in [0, 0.1) is 6.92 Å². The van der Waals surface area contributed by atoms with Gasteiger partial charge in [0, 0.05) is 5.56 Å². The van der Waals surface area contributed by atoms with Crippen LogP contribution >= 0.6 is 15.9 Å². The summed E-state index contributed by atoms with van der Waals surface area (Å²) in [5.41, 5.74) is 7.95. The molecular formula is C13H16BrN3O. The van der Waals surface area contributed by atoms with Gasteiger partial charge >= 0.3 is 0 Å². The minimum absolute atomic E-state index is 0.606. The Labute approximate surface area is 115 Å². The Balaban J connectivity index is 2.31. The Morgan fingerprint density at radius 3 is 2.72 bits per heavy atom. The molecule has 2 rings (SSSR count). The molecule has 18 heavy (non-hydrogen) atoms. The monoisotopic (exact) mass is 309 g/mol. The van der Waals surface area contributed by atoms with E-state index in [1.54, 1.807) is 4.68 Å². The van der Waals surface area contributed by atoms with Gasteiger partial charge in [0.2, 0.25) is 0 Å². The fraction of sp³-hybridized carbons (Fsp3) is 0.308. The van der Waals surface area contributed by atoms with Crippen LogP contribution in [0.15, 0.2) is 28.7 Å². The maximum absolute atomic E-state index is 5.99. The van der Waals surface area contributed by atoms with Crippen LogP contribution < -0.4 is 10.5 Å². The second kappa shape index (κ2) is 5.44. The number of aryl methyl sites for hydroxylation is 1. The van der Waals surface area contributed by atoms with Crippen molar-refractivity contribution in [1.29, 1.82) is 0 Å². The standard InChI is InChI=1S/C13H16BrN3O/c1-3-18-11-7-5-4-6-10(11)8-17-13(15)12(14)9(2)16-17/h4-7H,3,8,15H2,1-2H3. The minimum Gasteiger partial charge on any atom is -0.494 e. The van der Waals surface area contributed by atoms with Gasteiger partial charge in [-0.25, -0.2) is 4.68 Å². The van der Waals surface area contributed by atoms with E-state index >= 15 is 0 Å². The van der Waals surface area contributed by atoms with Crippen molar-refractivity contribution >= 4 is 21.7 Å². The highest BCUT2D eigenvalue weighted by molar-refractivity contribution is 9.10. The molecule has 2 N–H and O–H groups in total. The molecule has 2 aromatic rings.